The van der Waals surface area contributed by atoms with E-state index in [4.69, 9.17) is 58.6 Å². The molecule has 5 aliphatic heterocycles. The molecule has 0 amide bonds. The van der Waals surface area contributed by atoms with Crippen molar-refractivity contribution in [2.75, 3.05) is 43.6 Å². The van der Waals surface area contributed by atoms with E-state index in [2.05, 4.69) is 35.1 Å². The highest BCUT2D eigenvalue weighted by atomic mass is 31.2. The number of aliphatic hydroxyl groups is 1. The Morgan fingerprint density at radius 2 is 1.23 bits per heavy atom. The Labute approximate surface area is 392 Å². The van der Waals surface area contributed by atoms with Crippen LogP contribution in [0.15, 0.2) is 55.5 Å². The van der Waals surface area contributed by atoms with Gasteiger partial charge in [0.25, 0.3) is 5.56 Å². The van der Waals surface area contributed by atoms with Gasteiger partial charge in [-0.15, -0.1) is 0 Å². The molecule has 0 radical (unpaired) electrons. The Bertz CT molecular complexity index is 2950. The van der Waals surface area contributed by atoms with Gasteiger partial charge in [-0.25, -0.2) is 28.3 Å². The van der Waals surface area contributed by atoms with Gasteiger partial charge in [-0.2, -0.15) is 25.2 Å². The average molecular weight is 1050 g/mol. The lowest BCUT2D eigenvalue weighted by atomic mass is 9.79. The number of phosphoric ester groups is 3. The smallest absolute Gasteiger partial charge is 0.390 e. The molecular weight excluding hydrogens is 999 g/mol. The third-order valence-corrected chi connectivity index (χ3v) is 15.2. The second kappa shape index (κ2) is 19.7. The topological polar surface area (TPSA) is 451 Å². The zero-order valence-electron chi connectivity index (χ0n) is 36.4. The molecule has 3 saturated heterocycles. The predicted molar refractivity (Wildman–Crippen MR) is 233 cm³/mol. The van der Waals surface area contributed by atoms with Gasteiger partial charge < -0.3 is 51.2 Å². The SMILES string of the molecule is Nc1ccn([C@H]2C[C@H](OP(=O)(O)OC[C@H]3O[C@@H](n4ccc(N)nc4=O)C[C@@H]3OP(=O)(O)OC[C@H]3O[C@@H](n4cnc5c(=O)[nH]c(N)nc54)C[C@@H]3O)[C@@H](COP(=O)(O)OCC34CCC(CC3)N=N4)O2)c(=O)n1. The molecule has 1 aliphatic carbocycles. The molecule has 35 heteroatoms. The van der Waals surface area contributed by atoms with Gasteiger partial charge in [0.1, 0.15) is 66.4 Å². The molecule has 0 spiro atoms. The number of aliphatic hydroxyl groups excluding tert-OH is 1. The maximum Gasteiger partial charge on any atom is 0.472 e. The number of fused-ring (bicyclic) bond motifs is 3. The van der Waals surface area contributed by atoms with Gasteiger partial charge in [0.2, 0.25) is 5.95 Å². The molecule has 1 saturated carbocycles. The van der Waals surface area contributed by atoms with Crippen LogP contribution in [0.5, 0.6) is 0 Å². The van der Waals surface area contributed by atoms with E-state index < -0.39 is 121 Å². The van der Waals surface area contributed by atoms with Gasteiger partial charge >= 0.3 is 34.8 Å². The number of hydrogen-bond donors (Lipinski definition) is 8. The number of nitrogens with one attached hydrogen (secondary N) is 1. The van der Waals surface area contributed by atoms with Crippen molar-refractivity contribution in [3.8, 4) is 0 Å². The third kappa shape index (κ3) is 11.3. The normalized spacial score (nSPS) is 32.3. The number of H-pyrrole nitrogens is 1. The molecule has 0 aromatic carbocycles. The van der Waals surface area contributed by atoms with Crippen LogP contribution in [0, 0.1) is 0 Å². The zero-order valence-corrected chi connectivity index (χ0v) is 39.1. The van der Waals surface area contributed by atoms with Gasteiger partial charge in [-0.05, 0) is 37.8 Å². The summed E-state index contributed by atoms with van der Waals surface area (Å²) in [5.74, 6) is -0.430. The summed E-state index contributed by atoms with van der Waals surface area (Å²) >= 11 is 0. The second-order valence-corrected chi connectivity index (χ2v) is 21.3. The molecule has 9 heterocycles. The van der Waals surface area contributed by atoms with Crippen molar-refractivity contribution in [3.05, 3.63) is 62.2 Å². The highest BCUT2D eigenvalue weighted by molar-refractivity contribution is 7.48. The first kappa shape index (κ1) is 50.2. The Hall–Kier alpha value is -4.72. The summed E-state index contributed by atoms with van der Waals surface area (Å²) in [6, 6.07) is 2.67. The molecule has 11 N–H and O–H groups in total. The number of nitrogens with zero attached hydrogens (tertiary/aromatic N) is 9. The standard InChI is InChI=1S/C35H48N13O19P3/c36-24-3-7-46(33(51)40-24)27-10-19(22(64-27)13-59-68(53,54)62-15-35-5-1-17(2-6-35)44-45-35)67-70(57,58)61-14-23-20(11-28(65-23)47-8-4-25(37)41-34(47)52)66-69(55,56)60-12-21-18(49)9-26(63-21)48-16-39-29-30(48)42-32(38)43-31(29)50/h3-4,7-8,16-23,26-28,49H,1-2,5-6,9-15H2,(H,53,54)(H,55,56)(H,57,58)(H2,36,40,51)(H2,37,41,52)(H3,38,42,43,50)/t17?,18-,19-,20-,21+,22+,23+,26+,27+,28+,35?/m0/s1. The number of azo groups is 1. The molecule has 3 unspecified atom stereocenters. The van der Waals surface area contributed by atoms with Gasteiger partial charge in [0.05, 0.1) is 44.9 Å². The summed E-state index contributed by atoms with van der Waals surface area (Å²) in [5, 5.41) is 19.3. The van der Waals surface area contributed by atoms with Crippen molar-refractivity contribution < 1.29 is 74.8 Å². The van der Waals surface area contributed by atoms with Crippen LogP contribution >= 0.6 is 23.5 Å². The largest absolute Gasteiger partial charge is 0.472 e. The number of rotatable bonds is 19. The van der Waals surface area contributed by atoms with E-state index in [1.807, 2.05) is 0 Å². The molecule has 10 rings (SSSR count). The summed E-state index contributed by atoms with van der Waals surface area (Å²) in [6.45, 7) is -2.65. The second-order valence-electron chi connectivity index (χ2n) is 17.0. The molecule has 4 aromatic heterocycles. The van der Waals surface area contributed by atoms with E-state index in [0.717, 1.165) is 22.0 Å². The number of aromatic amines is 1. The summed E-state index contributed by atoms with van der Waals surface area (Å²) in [5.41, 5.74) is 13.8. The van der Waals surface area contributed by atoms with Gasteiger partial charge in [0, 0.05) is 31.7 Å². The zero-order chi connectivity index (χ0) is 49.8. The first-order chi connectivity index (χ1) is 33.1. The summed E-state index contributed by atoms with van der Waals surface area (Å²) in [6.07, 6.45) is -6.28. The summed E-state index contributed by atoms with van der Waals surface area (Å²) < 4.78 is 93.4. The van der Waals surface area contributed by atoms with Crippen LogP contribution in [0.1, 0.15) is 63.6 Å². The van der Waals surface area contributed by atoms with Crippen molar-refractivity contribution in [1.29, 1.82) is 0 Å². The fraction of sp³-hybridized carbons (Fsp3) is 0.629. The fourth-order valence-electron chi connectivity index (χ4n) is 8.62. The lowest BCUT2D eigenvalue weighted by molar-refractivity contribution is -0.0615. The number of ether oxygens (including phenoxy) is 3. The van der Waals surface area contributed by atoms with Gasteiger partial charge in [-0.3, -0.25) is 50.6 Å². The molecule has 2 bridgehead atoms. The number of imidazole rings is 1. The Kier molecular flexibility index (Phi) is 14.1. The molecule has 12 atom stereocenters. The molecule has 4 fully saturated rings. The van der Waals surface area contributed by atoms with Gasteiger partial charge in [0.15, 0.2) is 11.2 Å². The van der Waals surface area contributed by atoms with Crippen molar-refractivity contribution in [2.45, 2.75) is 112 Å². The highest BCUT2D eigenvalue weighted by Gasteiger charge is 2.48. The van der Waals surface area contributed by atoms with E-state index in [-0.39, 0.29) is 60.7 Å². The molecular formula is C35H48N13O19P3. The van der Waals surface area contributed by atoms with Crippen molar-refractivity contribution >= 4 is 52.2 Å². The monoisotopic (exact) mass is 1050 g/mol. The first-order valence-corrected chi connectivity index (χ1v) is 26.0. The van der Waals surface area contributed by atoms with Crippen LogP contribution < -0.4 is 34.1 Å². The number of phosphoric acid groups is 3. The number of anilines is 3. The molecule has 70 heavy (non-hydrogen) atoms. The maximum absolute atomic E-state index is 13.7. The molecule has 32 nitrogen and oxygen atoms in total. The Morgan fingerprint density at radius 3 is 1.76 bits per heavy atom. The van der Waals surface area contributed by atoms with E-state index in [0.29, 0.717) is 12.8 Å². The Balaban J connectivity index is 0.862. The highest BCUT2D eigenvalue weighted by Crippen LogP contribution is 2.53. The number of nitrogens with two attached hydrogens (primary N) is 3. The molecule has 6 aliphatic rings. The minimum absolute atomic E-state index is 0.0517. The number of hydrogen-bond acceptors (Lipinski definition) is 25. The Morgan fingerprint density at radius 1 is 0.714 bits per heavy atom. The lowest BCUT2D eigenvalue weighted by Crippen LogP contribution is -2.41. The third-order valence-electron chi connectivity index (χ3n) is 12.2. The average Bonchev–Trinajstić information content (AvgIpc) is 4.09. The van der Waals surface area contributed by atoms with Crippen LogP contribution in [-0.4, -0.2) is 133 Å². The lowest BCUT2D eigenvalue weighted by Gasteiger charge is -2.39. The number of nitrogen functional groups attached to an aromatic ring is 3. The minimum Gasteiger partial charge on any atom is -0.390 e. The van der Waals surface area contributed by atoms with E-state index >= 15 is 0 Å². The van der Waals surface area contributed by atoms with Crippen LogP contribution in [0.2, 0.25) is 0 Å². The molecule has 382 valence electrons. The van der Waals surface area contributed by atoms with Crippen molar-refractivity contribution in [3.63, 3.8) is 0 Å². The fourth-order valence-corrected chi connectivity index (χ4v) is 11.4. The first-order valence-electron chi connectivity index (χ1n) is 21.5. The van der Waals surface area contributed by atoms with Crippen LogP contribution in [0.4, 0.5) is 17.6 Å². The predicted octanol–water partition coefficient (Wildman–Crippen LogP) is -0.111. The maximum atomic E-state index is 13.7. The summed E-state index contributed by atoms with van der Waals surface area (Å²) in [4.78, 5) is 88.2. The van der Waals surface area contributed by atoms with E-state index in [9.17, 15) is 47.9 Å². The van der Waals surface area contributed by atoms with Gasteiger partial charge in [-0.1, -0.05) is 0 Å². The van der Waals surface area contributed by atoms with Crippen LogP contribution in [0.25, 0.3) is 11.2 Å². The molecule has 4 aromatic rings. The van der Waals surface area contributed by atoms with E-state index in [1.54, 1.807) is 0 Å². The van der Waals surface area contributed by atoms with Crippen LogP contribution in [0.3, 0.4) is 0 Å². The van der Waals surface area contributed by atoms with E-state index in [1.165, 1.54) is 35.4 Å². The van der Waals surface area contributed by atoms with Crippen LogP contribution in [-0.2, 0) is 55.0 Å². The minimum atomic E-state index is -5.26. The summed E-state index contributed by atoms with van der Waals surface area (Å²) in [7, 11) is -15.2. The number of aromatic nitrogens is 8. The quantitative estimate of drug-likeness (QED) is 0.0568. The van der Waals surface area contributed by atoms with Crippen molar-refractivity contribution in [2.24, 2.45) is 10.2 Å². The van der Waals surface area contributed by atoms with Crippen molar-refractivity contribution in [1.82, 2.24) is 38.6 Å².